The molecule has 0 bridgehead atoms. The fourth-order valence-electron chi connectivity index (χ4n) is 2.91. The van der Waals surface area contributed by atoms with Crippen LogP contribution >= 0.6 is 10.7 Å². The Morgan fingerprint density at radius 2 is 2.16 bits per heavy atom. The van der Waals surface area contributed by atoms with Gasteiger partial charge in [-0.1, -0.05) is 6.07 Å². The lowest BCUT2D eigenvalue weighted by molar-refractivity contribution is -0.147. The maximum atomic E-state index is 11.8. The first kappa shape index (κ1) is 12.7. The predicted molar refractivity (Wildman–Crippen MR) is 69.2 cm³/mol. The molecular formula is C12H12ClNO4S. The maximum absolute atomic E-state index is 11.8. The molecule has 1 heterocycles. The summed E-state index contributed by atoms with van der Waals surface area (Å²) in [6.45, 7) is 0. The SMILES string of the molecule is COc1ccc2c(c1)CCC1C(=O)N(S(=O)(=O)Cl)C21. The van der Waals surface area contributed by atoms with Crippen molar-refractivity contribution in [1.82, 2.24) is 4.31 Å². The topological polar surface area (TPSA) is 63.7 Å². The number of carbonyl (C=O) groups excluding carboxylic acids is 1. The molecule has 1 aromatic carbocycles. The van der Waals surface area contributed by atoms with Crippen LogP contribution in [0.3, 0.4) is 0 Å². The Kier molecular flexibility index (Phi) is 2.76. The standard InChI is InChI=1S/C12H12ClNO4S/c1-18-8-3-5-9-7(6-8)2-4-10-11(9)14(12(10)15)19(13,16)17/h3,5-6,10-11H,2,4H2,1H3. The van der Waals surface area contributed by atoms with E-state index in [1.54, 1.807) is 13.2 Å². The molecule has 0 aromatic heterocycles. The average Bonchev–Trinajstić information content (AvgIpc) is 2.34. The van der Waals surface area contributed by atoms with Crippen molar-refractivity contribution in [3.05, 3.63) is 29.3 Å². The molecule has 0 saturated carbocycles. The number of carbonyl (C=O) groups is 1. The number of benzene rings is 1. The van der Waals surface area contributed by atoms with Crippen LogP contribution in [0, 0.1) is 5.92 Å². The molecule has 7 heteroatoms. The van der Waals surface area contributed by atoms with Crippen LogP contribution in [0.15, 0.2) is 18.2 Å². The second-order valence-electron chi connectivity index (χ2n) is 4.73. The molecule has 5 nitrogen and oxygen atoms in total. The summed E-state index contributed by atoms with van der Waals surface area (Å²) in [6.07, 6.45) is 1.39. The van der Waals surface area contributed by atoms with E-state index in [-0.39, 0.29) is 5.92 Å². The van der Waals surface area contributed by atoms with Crippen molar-refractivity contribution in [2.45, 2.75) is 18.9 Å². The van der Waals surface area contributed by atoms with E-state index in [1.807, 2.05) is 12.1 Å². The van der Waals surface area contributed by atoms with Gasteiger partial charge in [0, 0.05) is 10.7 Å². The van der Waals surface area contributed by atoms with Crippen LogP contribution in [-0.4, -0.2) is 25.7 Å². The molecule has 1 amide bonds. The van der Waals surface area contributed by atoms with Gasteiger partial charge < -0.3 is 4.74 Å². The lowest BCUT2D eigenvalue weighted by Gasteiger charge is -2.47. The number of rotatable bonds is 2. The molecule has 2 unspecified atom stereocenters. The Hall–Kier alpha value is -1.27. The summed E-state index contributed by atoms with van der Waals surface area (Å²) in [7, 11) is 2.89. The van der Waals surface area contributed by atoms with Gasteiger partial charge in [-0.25, -0.2) is 4.31 Å². The molecule has 2 aliphatic rings. The molecule has 19 heavy (non-hydrogen) atoms. The molecule has 3 rings (SSSR count). The number of ether oxygens (including phenoxy) is 1. The highest BCUT2D eigenvalue weighted by atomic mass is 35.7. The minimum Gasteiger partial charge on any atom is -0.497 e. The lowest BCUT2D eigenvalue weighted by atomic mass is 9.74. The van der Waals surface area contributed by atoms with Gasteiger partial charge in [-0.3, -0.25) is 4.79 Å². The minimum atomic E-state index is -4.02. The van der Waals surface area contributed by atoms with Crippen LogP contribution in [0.25, 0.3) is 0 Å². The molecule has 102 valence electrons. The van der Waals surface area contributed by atoms with E-state index in [4.69, 9.17) is 15.4 Å². The summed E-state index contributed by atoms with van der Waals surface area (Å²) in [5.74, 6) is 0.0546. The predicted octanol–water partition coefficient (Wildman–Crippen LogP) is 1.62. The number of halogens is 1. The number of nitrogens with zero attached hydrogens (tertiary/aromatic N) is 1. The van der Waals surface area contributed by atoms with E-state index >= 15 is 0 Å². The first-order valence-corrected chi connectivity index (χ1v) is 8.15. The van der Waals surface area contributed by atoms with Crippen molar-refractivity contribution in [3.63, 3.8) is 0 Å². The lowest BCUT2D eigenvalue weighted by Crippen LogP contribution is -2.57. The summed E-state index contributed by atoms with van der Waals surface area (Å²) in [4.78, 5) is 11.8. The van der Waals surface area contributed by atoms with Gasteiger partial charge in [-0.2, -0.15) is 8.42 Å². The molecule has 1 fully saturated rings. The number of hydrogen-bond donors (Lipinski definition) is 0. The quantitative estimate of drug-likeness (QED) is 0.615. The molecule has 0 spiro atoms. The average molecular weight is 302 g/mol. The minimum absolute atomic E-state index is 0.269. The molecule has 0 N–H and O–H groups in total. The Labute approximate surface area is 115 Å². The summed E-state index contributed by atoms with van der Waals surface area (Å²) in [5, 5.41) is 0. The molecular weight excluding hydrogens is 290 g/mol. The molecule has 1 aromatic rings. The zero-order valence-corrected chi connectivity index (χ0v) is 11.7. The molecule has 1 aliphatic carbocycles. The highest BCUT2D eigenvalue weighted by molar-refractivity contribution is 8.12. The van der Waals surface area contributed by atoms with Crippen molar-refractivity contribution in [2.75, 3.05) is 7.11 Å². The Morgan fingerprint density at radius 3 is 2.79 bits per heavy atom. The summed E-state index contributed by atoms with van der Waals surface area (Å²) in [6, 6.07) is 5.01. The number of methoxy groups -OCH3 is 1. The highest BCUT2D eigenvalue weighted by Crippen LogP contribution is 2.49. The Balaban J connectivity index is 2.05. The monoisotopic (exact) mass is 301 g/mol. The summed E-state index contributed by atoms with van der Waals surface area (Å²) < 4.78 is 28.8. The van der Waals surface area contributed by atoms with E-state index in [0.717, 1.165) is 27.6 Å². The van der Waals surface area contributed by atoms with Crippen molar-refractivity contribution < 1.29 is 17.9 Å². The first-order chi connectivity index (χ1) is 8.93. The van der Waals surface area contributed by atoms with Crippen molar-refractivity contribution >= 4 is 25.8 Å². The third-order valence-corrected chi connectivity index (χ3v) is 5.12. The molecule has 0 radical (unpaired) electrons. The van der Waals surface area contributed by atoms with E-state index in [1.165, 1.54) is 0 Å². The third kappa shape index (κ3) is 1.81. The second-order valence-corrected chi connectivity index (χ2v) is 7.12. The van der Waals surface area contributed by atoms with Crippen LogP contribution in [0.4, 0.5) is 0 Å². The number of β-lactam (4-membered cyclic amide) rings is 1. The maximum Gasteiger partial charge on any atom is 0.324 e. The van der Waals surface area contributed by atoms with E-state index in [9.17, 15) is 13.2 Å². The van der Waals surface area contributed by atoms with Gasteiger partial charge in [-0.15, -0.1) is 0 Å². The molecule has 2 atom stereocenters. The van der Waals surface area contributed by atoms with Crippen LogP contribution in [0.2, 0.25) is 0 Å². The smallest absolute Gasteiger partial charge is 0.324 e. The normalized spacial score (nSPS) is 25.4. The number of aryl methyl sites for hydroxylation is 1. The fourth-order valence-corrected chi connectivity index (χ4v) is 4.25. The van der Waals surface area contributed by atoms with E-state index in [0.29, 0.717) is 6.42 Å². The number of fused-ring (bicyclic) bond motifs is 3. The van der Waals surface area contributed by atoms with Crippen LogP contribution in [-0.2, 0) is 20.5 Å². The van der Waals surface area contributed by atoms with Gasteiger partial charge in [-0.05, 0) is 36.1 Å². The Morgan fingerprint density at radius 1 is 1.42 bits per heavy atom. The fraction of sp³-hybridized carbons (Fsp3) is 0.417. The van der Waals surface area contributed by atoms with Crippen LogP contribution < -0.4 is 4.74 Å². The van der Waals surface area contributed by atoms with E-state index < -0.39 is 21.2 Å². The summed E-state index contributed by atoms with van der Waals surface area (Å²) in [5.41, 5.74) is 1.86. The zero-order valence-electron chi connectivity index (χ0n) is 10.2. The zero-order chi connectivity index (χ0) is 13.8. The van der Waals surface area contributed by atoms with Crippen molar-refractivity contribution in [1.29, 1.82) is 0 Å². The van der Waals surface area contributed by atoms with Crippen LogP contribution in [0.5, 0.6) is 5.75 Å². The van der Waals surface area contributed by atoms with Gasteiger partial charge in [0.25, 0.3) is 0 Å². The Bertz CT molecular complexity index is 658. The number of hydrogen-bond acceptors (Lipinski definition) is 4. The largest absolute Gasteiger partial charge is 0.497 e. The first-order valence-electron chi connectivity index (χ1n) is 5.88. The van der Waals surface area contributed by atoms with Gasteiger partial charge >= 0.3 is 9.24 Å². The second kappa shape index (κ2) is 4.11. The van der Waals surface area contributed by atoms with Gasteiger partial charge in [0.15, 0.2) is 0 Å². The van der Waals surface area contributed by atoms with Gasteiger partial charge in [0.1, 0.15) is 5.75 Å². The highest BCUT2D eigenvalue weighted by Gasteiger charge is 2.55. The van der Waals surface area contributed by atoms with Gasteiger partial charge in [0.05, 0.1) is 19.1 Å². The third-order valence-electron chi connectivity index (χ3n) is 3.80. The van der Waals surface area contributed by atoms with Crippen LogP contribution in [0.1, 0.15) is 23.6 Å². The van der Waals surface area contributed by atoms with E-state index in [2.05, 4.69) is 0 Å². The number of amides is 1. The molecule has 1 aliphatic heterocycles. The van der Waals surface area contributed by atoms with Gasteiger partial charge in [0.2, 0.25) is 5.91 Å². The van der Waals surface area contributed by atoms with Crippen molar-refractivity contribution in [3.8, 4) is 5.75 Å². The molecule has 1 saturated heterocycles. The van der Waals surface area contributed by atoms with Crippen molar-refractivity contribution in [2.24, 2.45) is 5.92 Å². The summed E-state index contributed by atoms with van der Waals surface area (Å²) >= 11 is 0.